The summed E-state index contributed by atoms with van der Waals surface area (Å²) in [6.45, 7) is 8.34. The molecule has 0 heterocycles. The Balaban J connectivity index is 2.97. The minimum absolute atomic E-state index is 0.0463. The second kappa shape index (κ2) is 11.1. The zero-order valence-electron chi connectivity index (χ0n) is 16.1. The molecule has 0 aliphatic heterocycles. The minimum Gasteiger partial charge on any atom is -0.355 e. The molecule has 0 saturated heterocycles. The largest absolute Gasteiger partial charge is 0.355 e. The smallest absolute Gasteiger partial charge is 0.253 e. The molecule has 0 aliphatic carbocycles. The van der Waals surface area contributed by atoms with E-state index in [1.54, 1.807) is 13.0 Å². The molecule has 0 aromatic heterocycles. The minimum atomic E-state index is -0.751. The lowest BCUT2D eigenvalue weighted by Gasteiger charge is -2.27. The van der Waals surface area contributed by atoms with Crippen molar-refractivity contribution in [2.24, 2.45) is 5.92 Å². The van der Waals surface area contributed by atoms with Crippen LogP contribution in [-0.2, 0) is 9.59 Å². The molecule has 1 aromatic carbocycles. The Morgan fingerprint density at radius 3 is 2.33 bits per heavy atom. The van der Waals surface area contributed by atoms with Gasteiger partial charge in [0.05, 0.1) is 17.1 Å². The van der Waals surface area contributed by atoms with Crippen LogP contribution < -0.4 is 10.6 Å². The molecule has 1 aromatic rings. The van der Waals surface area contributed by atoms with Crippen molar-refractivity contribution in [1.29, 1.82) is 0 Å². The number of halogens is 2. The van der Waals surface area contributed by atoms with Gasteiger partial charge >= 0.3 is 0 Å². The summed E-state index contributed by atoms with van der Waals surface area (Å²) in [5.74, 6) is -0.813. The van der Waals surface area contributed by atoms with Crippen molar-refractivity contribution in [3.63, 3.8) is 0 Å². The van der Waals surface area contributed by atoms with E-state index in [2.05, 4.69) is 10.6 Å². The Bertz CT molecular complexity index is 680. The molecule has 0 spiro atoms. The number of rotatable bonds is 9. The summed E-state index contributed by atoms with van der Waals surface area (Å²) in [5, 5.41) is 6.06. The Labute approximate surface area is 170 Å². The predicted molar refractivity (Wildman–Crippen MR) is 108 cm³/mol. The number of carbonyl (C=O) groups is 3. The first-order valence-electron chi connectivity index (χ1n) is 9.00. The van der Waals surface area contributed by atoms with Crippen LogP contribution in [0.4, 0.5) is 0 Å². The maximum atomic E-state index is 12.9. The molecule has 0 radical (unpaired) electrons. The van der Waals surface area contributed by atoms with Gasteiger partial charge in [-0.15, -0.1) is 0 Å². The third-order valence-corrected chi connectivity index (χ3v) is 4.44. The topological polar surface area (TPSA) is 78.5 Å². The summed E-state index contributed by atoms with van der Waals surface area (Å²) in [6.07, 6.45) is 0.446. The summed E-state index contributed by atoms with van der Waals surface area (Å²) in [6, 6.07) is 3.81. The number of hydrogen-bond donors (Lipinski definition) is 2. The Morgan fingerprint density at radius 2 is 1.81 bits per heavy atom. The second-order valence-corrected chi connectivity index (χ2v) is 7.43. The van der Waals surface area contributed by atoms with Gasteiger partial charge in [-0.3, -0.25) is 14.4 Å². The molecule has 0 fully saturated rings. The van der Waals surface area contributed by atoms with Crippen LogP contribution in [0.1, 0.15) is 44.5 Å². The number of nitrogens with one attached hydrogen (secondary N) is 2. The first kappa shape index (κ1) is 23.2. The molecule has 27 heavy (non-hydrogen) atoms. The lowest BCUT2D eigenvalue weighted by molar-refractivity contribution is -0.137. The molecule has 0 saturated carbocycles. The second-order valence-electron chi connectivity index (χ2n) is 6.59. The first-order chi connectivity index (χ1) is 12.7. The van der Waals surface area contributed by atoms with E-state index >= 15 is 0 Å². The fourth-order valence-electron chi connectivity index (χ4n) is 2.59. The standard InChI is InChI=1S/C19H27Cl2N3O3/c1-5-22-17(25)11-24(6-2)19(27)16(9-12(3)4)23-18(26)14-8-7-13(20)10-15(14)21/h7-8,10,12,16H,5-6,9,11H2,1-4H3,(H,22,25)(H,23,26). The fourth-order valence-corrected chi connectivity index (χ4v) is 3.09. The van der Waals surface area contributed by atoms with E-state index in [0.29, 0.717) is 24.5 Å². The van der Waals surface area contributed by atoms with Crippen molar-refractivity contribution in [2.75, 3.05) is 19.6 Å². The summed E-state index contributed by atoms with van der Waals surface area (Å²) >= 11 is 12.0. The van der Waals surface area contributed by atoms with E-state index in [-0.39, 0.29) is 34.9 Å². The number of carbonyl (C=O) groups excluding carboxylic acids is 3. The average Bonchev–Trinajstić information content (AvgIpc) is 2.58. The molecule has 150 valence electrons. The van der Waals surface area contributed by atoms with Gasteiger partial charge in [0.25, 0.3) is 5.91 Å². The van der Waals surface area contributed by atoms with Gasteiger partial charge in [-0.2, -0.15) is 0 Å². The molecular formula is C19H27Cl2N3O3. The van der Waals surface area contributed by atoms with Crippen LogP contribution in [0.2, 0.25) is 10.0 Å². The van der Waals surface area contributed by atoms with Gasteiger partial charge in [-0.25, -0.2) is 0 Å². The van der Waals surface area contributed by atoms with E-state index in [1.165, 1.54) is 17.0 Å². The van der Waals surface area contributed by atoms with Gasteiger partial charge in [0, 0.05) is 18.1 Å². The fraction of sp³-hybridized carbons (Fsp3) is 0.526. The third kappa shape index (κ3) is 7.39. The quantitative estimate of drug-likeness (QED) is 0.649. The van der Waals surface area contributed by atoms with Crippen molar-refractivity contribution in [3.05, 3.63) is 33.8 Å². The molecule has 2 N–H and O–H groups in total. The van der Waals surface area contributed by atoms with Gasteiger partial charge in [-0.05, 0) is 44.4 Å². The van der Waals surface area contributed by atoms with Crippen LogP contribution in [0.15, 0.2) is 18.2 Å². The molecule has 0 bridgehead atoms. The molecule has 3 amide bonds. The van der Waals surface area contributed by atoms with Crippen LogP contribution in [0.5, 0.6) is 0 Å². The van der Waals surface area contributed by atoms with Crippen LogP contribution >= 0.6 is 23.2 Å². The Hall–Kier alpha value is -1.79. The van der Waals surface area contributed by atoms with Crippen LogP contribution in [0.25, 0.3) is 0 Å². The van der Waals surface area contributed by atoms with Crippen molar-refractivity contribution in [1.82, 2.24) is 15.5 Å². The summed E-state index contributed by atoms with van der Waals surface area (Å²) in [5.41, 5.74) is 0.245. The predicted octanol–water partition coefficient (Wildman–Crippen LogP) is 3.12. The van der Waals surface area contributed by atoms with Gasteiger partial charge < -0.3 is 15.5 Å². The summed E-state index contributed by atoms with van der Waals surface area (Å²) in [7, 11) is 0. The lowest BCUT2D eigenvalue weighted by Crippen LogP contribution is -2.51. The van der Waals surface area contributed by atoms with Gasteiger partial charge in [-0.1, -0.05) is 37.0 Å². The highest BCUT2D eigenvalue weighted by atomic mass is 35.5. The van der Waals surface area contributed by atoms with Gasteiger partial charge in [0.15, 0.2) is 0 Å². The Morgan fingerprint density at radius 1 is 1.15 bits per heavy atom. The van der Waals surface area contributed by atoms with Crippen LogP contribution in [-0.4, -0.2) is 48.3 Å². The maximum Gasteiger partial charge on any atom is 0.253 e. The van der Waals surface area contributed by atoms with Gasteiger partial charge in [0.2, 0.25) is 11.8 Å². The van der Waals surface area contributed by atoms with E-state index < -0.39 is 11.9 Å². The number of amides is 3. The zero-order valence-corrected chi connectivity index (χ0v) is 17.7. The van der Waals surface area contributed by atoms with E-state index in [9.17, 15) is 14.4 Å². The highest BCUT2D eigenvalue weighted by Crippen LogP contribution is 2.21. The monoisotopic (exact) mass is 415 g/mol. The van der Waals surface area contributed by atoms with Gasteiger partial charge in [0.1, 0.15) is 6.04 Å². The SMILES string of the molecule is CCNC(=O)CN(CC)C(=O)C(CC(C)C)NC(=O)c1ccc(Cl)cc1Cl. The maximum absolute atomic E-state index is 12.9. The molecular weight excluding hydrogens is 389 g/mol. The summed E-state index contributed by atoms with van der Waals surface area (Å²) < 4.78 is 0. The van der Waals surface area contributed by atoms with E-state index in [4.69, 9.17) is 23.2 Å². The van der Waals surface area contributed by atoms with Crippen molar-refractivity contribution in [3.8, 4) is 0 Å². The lowest BCUT2D eigenvalue weighted by atomic mass is 10.0. The number of hydrogen-bond acceptors (Lipinski definition) is 3. The first-order valence-corrected chi connectivity index (χ1v) is 9.76. The molecule has 1 unspecified atom stereocenters. The van der Waals surface area contributed by atoms with Crippen molar-refractivity contribution >= 4 is 40.9 Å². The molecule has 6 nitrogen and oxygen atoms in total. The molecule has 1 rings (SSSR count). The van der Waals surface area contributed by atoms with Crippen LogP contribution in [0, 0.1) is 5.92 Å². The molecule has 1 atom stereocenters. The van der Waals surface area contributed by atoms with Crippen LogP contribution in [0.3, 0.4) is 0 Å². The number of nitrogens with zero attached hydrogens (tertiary/aromatic N) is 1. The average molecular weight is 416 g/mol. The molecule has 8 heteroatoms. The van der Waals surface area contributed by atoms with Crippen molar-refractivity contribution in [2.45, 2.75) is 40.2 Å². The normalized spacial score (nSPS) is 11.8. The van der Waals surface area contributed by atoms with E-state index in [1.807, 2.05) is 20.8 Å². The number of likely N-dealkylation sites (N-methyl/N-ethyl adjacent to an activating group) is 2. The number of benzene rings is 1. The highest BCUT2D eigenvalue weighted by Gasteiger charge is 2.28. The Kier molecular flexibility index (Phi) is 9.60. The third-order valence-electron chi connectivity index (χ3n) is 3.89. The summed E-state index contributed by atoms with van der Waals surface area (Å²) in [4.78, 5) is 38.8. The van der Waals surface area contributed by atoms with Crippen molar-refractivity contribution < 1.29 is 14.4 Å². The highest BCUT2D eigenvalue weighted by molar-refractivity contribution is 6.36. The molecule has 0 aliphatic rings. The van der Waals surface area contributed by atoms with E-state index in [0.717, 1.165) is 0 Å². The zero-order chi connectivity index (χ0) is 20.6.